The largest absolute Gasteiger partial charge is 0.366 e. The monoisotopic (exact) mass is 386 g/mol. The third-order valence-corrected chi connectivity index (χ3v) is 5.16. The second kappa shape index (κ2) is 7.84. The van der Waals surface area contributed by atoms with Gasteiger partial charge in [0.1, 0.15) is 15.8 Å². The molecule has 0 bridgehead atoms. The molecule has 0 aliphatic carbocycles. The molecular weight excluding hydrogens is 368 g/mol. The van der Waals surface area contributed by atoms with E-state index in [0.717, 1.165) is 6.42 Å². The van der Waals surface area contributed by atoms with Crippen molar-refractivity contribution in [3.8, 4) is 0 Å². The van der Waals surface area contributed by atoms with E-state index < -0.39 is 0 Å². The number of aromatic nitrogens is 2. The third-order valence-electron chi connectivity index (χ3n) is 3.78. The molecule has 1 saturated heterocycles. The van der Waals surface area contributed by atoms with E-state index in [9.17, 15) is 9.59 Å². The summed E-state index contributed by atoms with van der Waals surface area (Å²) in [6.07, 6.45) is 5.72. The standard InChI is InChI=1S/C18H18N4O2S2/c1-3-8-19-15-12(16(23)21-10-6-5-7-14(21)20-15)11-13-17(24)22(9-4-2)18(25)26-13/h3,5-7,10-11,19H,1,4,8-9H2,2H3/b13-11+. The van der Waals surface area contributed by atoms with E-state index in [-0.39, 0.29) is 11.5 Å². The van der Waals surface area contributed by atoms with E-state index in [2.05, 4.69) is 16.9 Å². The number of amides is 1. The molecule has 1 N–H and O–H groups in total. The smallest absolute Gasteiger partial charge is 0.267 e. The van der Waals surface area contributed by atoms with Gasteiger partial charge in [-0.15, -0.1) is 6.58 Å². The Labute approximate surface area is 160 Å². The van der Waals surface area contributed by atoms with Crippen LogP contribution in [0.1, 0.15) is 18.9 Å². The van der Waals surface area contributed by atoms with Crippen molar-refractivity contribution in [1.29, 1.82) is 0 Å². The van der Waals surface area contributed by atoms with Crippen molar-refractivity contribution in [3.05, 3.63) is 57.9 Å². The second-order valence-corrected chi connectivity index (χ2v) is 7.29. The maximum atomic E-state index is 12.9. The van der Waals surface area contributed by atoms with Gasteiger partial charge in [-0.05, 0) is 24.6 Å². The SMILES string of the molecule is C=CCNc1nc2ccccn2c(=O)c1/C=C1/SC(=S)N(CCC)C1=O. The number of hydrogen-bond acceptors (Lipinski definition) is 6. The van der Waals surface area contributed by atoms with Crippen molar-refractivity contribution in [2.45, 2.75) is 13.3 Å². The van der Waals surface area contributed by atoms with Gasteiger partial charge in [0.15, 0.2) is 0 Å². The quantitative estimate of drug-likeness (QED) is 0.468. The van der Waals surface area contributed by atoms with E-state index in [1.165, 1.54) is 16.2 Å². The van der Waals surface area contributed by atoms with Crippen molar-refractivity contribution < 1.29 is 4.79 Å². The molecule has 0 aromatic carbocycles. The number of carbonyl (C=O) groups is 1. The summed E-state index contributed by atoms with van der Waals surface area (Å²) in [6, 6.07) is 5.33. The van der Waals surface area contributed by atoms with Crippen LogP contribution in [0.15, 0.2) is 46.8 Å². The first-order valence-corrected chi connectivity index (χ1v) is 9.40. The Morgan fingerprint density at radius 3 is 2.92 bits per heavy atom. The van der Waals surface area contributed by atoms with Gasteiger partial charge in [0.25, 0.3) is 11.5 Å². The van der Waals surface area contributed by atoms with Gasteiger partial charge in [-0.3, -0.25) is 18.9 Å². The molecule has 3 rings (SSSR count). The number of hydrogen-bond donors (Lipinski definition) is 1. The van der Waals surface area contributed by atoms with Gasteiger partial charge in [-0.2, -0.15) is 0 Å². The molecule has 26 heavy (non-hydrogen) atoms. The first kappa shape index (κ1) is 18.3. The minimum Gasteiger partial charge on any atom is -0.366 e. The highest BCUT2D eigenvalue weighted by Gasteiger charge is 2.31. The van der Waals surface area contributed by atoms with Crippen molar-refractivity contribution in [2.75, 3.05) is 18.4 Å². The summed E-state index contributed by atoms with van der Waals surface area (Å²) in [5.74, 6) is 0.246. The van der Waals surface area contributed by atoms with E-state index in [1.54, 1.807) is 35.4 Å². The molecule has 0 saturated carbocycles. The maximum Gasteiger partial charge on any atom is 0.267 e. The summed E-state index contributed by atoms with van der Waals surface area (Å²) in [4.78, 5) is 32.0. The van der Waals surface area contributed by atoms with Crippen LogP contribution in [0.3, 0.4) is 0 Å². The number of rotatable bonds is 6. The lowest BCUT2D eigenvalue weighted by molar-refractivity contribution is -0.122. The number of thioether (sulfide) groups is 1. The van der Waals surface area contributed by atoms with Gasteiger partial charge in [0.2, 0.25) is 0 Å². The van der Waals surface area contributed by atoms with E-state index in [0.29, 0.717) is 39.3 Å². The van der Waals surface area contributed by atoms with Crippen LogP contribution >= 0.6 is 24.0 Å². The summed E-state index contributed by atoms with van der Waals surface area (Å²) in [5.41, 5.74) is 0.607. The summed E-state index contributed by atoms with van der Waals surface area (Å²) in [5, 5.41) is 3.08. The number of thiocarbonyl (C=S) groups is 1. The fourth-order valence-electron chi connectivity index (χ4n) is 2.58. The van der Waals surface area contributed by atoms with Crippen LogP contribution in [0.5, 0.6) is 0 Å². The van der Waals surface area contributed by atoms with Crippen molar-refractivity contribution in [2.24, 2.45) is 0 Å². The van der Waals surface area contributed by atoms with Crippen LogP contribution in [0, 0.1) is 0 Å². The minimum atomic E-state index is -0.247. The number of nitrogens with one attached hydrogen (secondary N) is 1. The van der Waals surface area contributed by atoms with Crippen LogP contribution in [-0.2, 0) is 4.79 Å². The lowest BCUT2D eigenvalue weighted by Gasteiger charge is -2.12. The highest BCUT2D eigenvalue weighted by atomic mass is 32.2. The molecule has 134 valence electrons. The first-order valence-electron chi connectivity index (χ1n) is 8.18. The van der Waals surface area contributed by atoms with Crippen LogP contribution in [0.2, 0.25) is 0 Å². The maximum absolute atomic E-state index is 12.9. The Balaban J connectivity index is 2.13. The zero-order valence-corrected chi connectivity index (χ0v) is 15.9. The Morgan fingerprint density at radius 2 is 2.19 bits per heavy atom. The molecule has 0 radical (unpaired) electrons. The normalized spacial score (nSPS) is 15.9. The summed E-state index contributed by atoms with van der Waals surface area (Å²) in [6.45, 7) is 6.68. The van der Waals surface area contributed by atoms with Gasteiger partial charge in [-0.25, -0.2) is 4.98 Å². The predicted molar refractivity (Wildman–Crippen MR) is 110 cm³/mol. The van der Waals surface area contributed by atoms with Crippen LogP contribution < -0.4 is 10.9 Å². The van der Waals surface area contributed by atoms with E-state index in [4.69, 9.17) is 12.2 Å². The molecule has 1 aliphatic heterocycles. The summed E-state index contributed by atoms with van der Waals surface area (Å²) < 4.78 is 1.97. The average molecular weight is 387 g/mol. The molecular formula is C18H18N4O2S2. The summed E-state index contributed by atoms with van der Waals surface area (Å²) in [7, 11) is 0. The lowest BCUT2D eigenvalue weighted by Crippen LogP contribution is -2.28. The number of carbonyl (C=O) groups excluding carboxylic acids is 1. The van der Waals surface area contributed by atoms with Gasteiger partial charge in [0.05, 0.1) is 10.5 Å². The topological polar surface area (TPSA) is 66.7 Å². The molecule has 1 aliphatic rings. The molecule has 2 aromatic heterocycles. The molecule has 8 heteroatoms. The Kier molecular flexibility index (Phi) is 5.53. The Morgan fingerprint density at radius 1 is 1.38 bits per heavy atom. The lowest BCUT2D eigenvalue weighted by atomic mass is 10.2. The van der Waals surface area contributed by atoms with Gasteiger partial charge in [-0.1, -0.05) is 43.0 Å². The van der Waals surface area contributed by atoms with E-state index in [1.807, 2.05) is 13.0 Å². The average Bonchev–Trinajstić information content (AvgIpc) is 2.90. The number of nitrogens with zero attached hydrogens (tertiary/aromatic N) is 3. The second-order valence-electron chi connectivity index (χ2n) is 5.61. The molecule has 6 nitrogen and oxygen atoms in total. The number of anilines is 1. The van der Waals surface area contributed by atoms with Gasteiger partial charge >= 0.3 is 0 Å². The zero-order chi connectivity index (χ0) is 18.7. The fraction of sp³-hybridized carbons (Fsp3) is 0.222. The molecule has 1 amide bonds. The van der Waals surface area contributed by atoms with Gasteiger partial charge in [0, 0.05) is 19.3 Å². The van der Waals surface area contributed by atoms with Crippen molar-refractivity contribution in [1.82, 2.24) is 14.3 Å². The minimum absolute atomic E-state index is 0.172. The van der Waals surface area contributed by atoms with E-state index >= 15 is 0 Å². The highest BCUT2D eigenvalue weighted by Crippen LogP contribution is 2.33. The van der Waals surface area contributed by atoms with Gasteiger partial charge < -0.3 is 5.32 Å². The number of fused-ring (bicyclic) bond motifs is 1. The van der Waals surface area contributed by atoms with Crippen LogP contribution in [-0.4, -0.2) is 37.6 Å². The van der Waals surface area contributed by atoms with Crippen LogP contribution in [0.25, 0.3) is 11.7 Å². The Bertz CT molecular complexity index is 981. The Hall–Kier alpha value is -2.45. The zero-order valence-electron chi connectivity index (χ0n) is 14.3. The molecule has 2 aromatic rings. The molecule has 3 heterocycles. The third kappa shape index (κ3) is 3.42. The molecule has 0 atom stereocenters. The van der Waals surface area contributed by atoms with Crippen molar-refractivity contribution >= 4 is 51.7 Å². The predicted octanol–water partition coefficient (Wildman–Crippen LogP) is 2.90. The highest BCUT2D eigenvalue weighted by molar-refractivity contribution is 8.26. The fourth-order valence-corrected chi connectivity index (χ4v) is 3.87. The molecule has 1 fully saturated rings. The first-order chi connectivity index (χ1) is 12.6. The molecule has 0 spiro atoms. The number of pyridine rings is 1. The van der Waals surface area contributed by atoms with Crippen molar-refractivity contribution in [3.63, 3.8) is 0 Å². The summed E-state index contributed by atoms with van der Waals surface area (Å²) >= 11 is 6.50. The van der Waals surface area contributed by atoms with Crippen LogP contribution in [0.4, 0.5) is 5.82 Å². The molecule has 0 unspecified atom stereocenters.